The van der Waals surface area contributed by atoms with E-state index in [-0.39, 0.29) is 12.8 Å². The summed E-state index contributed by atoms with van der Waals surface area (Å²) in [6.07, 6.45) is -13.6. The number of carboxylic acid groups (broad SMARTS) is 1. The van der Waals surface area contributed by atoms with Gasteiger partial charge in [0.2, 0.25) is 0 Å². The average Bonchev–Trinajstić information content (AvgIpc) is 2.77. The third-order valence-corrected chi connectivity index (χ3v) is 3.27. The van der Waals surface area contributed by atoms with E-state index in [9.17, 15) is 41.0 Å². The molecule has 1 fully saturated rings. The van der Waals surface area contributed by atoms with Crippen LogP contribution in [0.15, 0.2) is 0 Å². The van der Waals surface area contributed by atoms with Crippen molar-refractivity contribution in [1.82, 2.24) is 0 Å². The van der Waals surface area contributed by atoms with Crippen molar-refractivity contribution in [3.8, 4) is 0 Å². The van der Waals surface area contributed by atoms with Crippen LogP contribution in [0.1, 0.15) is 32.1 Å². The molecule has 0 radical (unpaired) electrons. The minimum Gasteiger partial charge on any atom is -0.550 e. The number of hydrogen-bond acceptors (Lipinski definition) is 4. The lowest BCUT2D eigenvalue weighted by Crippen LogP contribution is -2.62. The molecule has 122 valence electrons. The predicted octanol–water partition coefficient (Wildman–Crippen LogP) is 1.72. The average molecular weight is 321 g/mol. The monoisotopic (exact) mass is 321 g/mol. The number of aliphatic carboxylic acids is 1. The van der Waals surface area contributed by atoms with Crippen LogP contribution in [0, 0.1) is 5.92 Å². The first-order valence-corrected chi connectivity index (χ1v) is 5.97. The molecule has 10 heteroatoms. The van der Waals surface area contributed by atoms with Crippen LogP contribution in [0.2, 0.25) is 0 Å². The van der Waals surface area contributed by atoms with E-state index in [0.717, 1.165) is 0 Å². The zero-order valence-electron chi connectivity index (χ0n) is 10.5. The molecule has 0 saturated heterocycles. The van der Waals surface area contributed by atoms with Crippen LogP contribution in [0.25, 0.3) is 0 Å². The second-order valence-corrected chi connectivity index (χ2v) is 4.77. The van der Waals surface area contributed by atoms with Gasteiger partial charge < -0.3 is 14.6 Å². The van der Waals surface area contributed by atoms with Gasteiger partial charge in [-0.25, -0.2) is 0 Å². The van der Waals surface area contributed by atoms with E-state index in [2.05, 4.69) is 4.74 Å². The van der Waals surface area contributed by atoms with Crippen molar-refractivity contribution < 1.29 is 45.8 Å². The largest absolute Gasteiger partial charge is 0.550 e. The van der Waals surface area contributed by atoms with Gasteiger partial charge in [-0.05, 0) is 12.8 Å². The first-order chi connectivity index (χ1) is 9.41. The molecule has 1 rings (SSSR count). The molecule has 0 aromatic carbocycles. The van der Waals surface area contributed by atoms with Crippen LogP contribution in [0.5, 0.6) is 0 Å². The van der Waals surface area contributed by atoms with Gasteiger partial charge in [-0.3, -0.25) is 4.79 Å². The first kappa shape index (κ1) is 17.6. The number of carboxylic acids is 1. The Labute approximate surface area is 115 Å². The van der Waals surface area contributed by atoms with Crippen molar-refractivity contribution in [2.45, 2.75) is 50.1 Å². The van der Waals surface area contributed by atoms with E-state index in [1.54, 1.807) is 0 Å². The summed E-state index contributed by atoms with van der Waals surface area (Å²) in [4.78, 5) is 21.8. The molecule has 0 aromatic rings. The maximum atomic E-state index is 12.8. The summed E-state index contributed by atoms with van der Waals surface area (Å²) >= 11 is 0. The van der Waals surface area contributed by atoms with Crippen LogP contribution in [-0.2, 0) is 14.3 Å². The summed E-state index contributed by atoms with van der Waals surface area (Å²) in [5.41, 5.74) is -5.08. The SMILES string of the molecule is O=C([O-])CC(OC(=O)C1CCCC1)(C(F)(F)F)C(F)(F)F. The van der Waals surface area contributed by atoms with E-state index >= 15 is 0 Å². The first-order valence-electron chi connectivity index (χ1n) is 5.97. The van der Waals surface area contributed by atoms with Gasteiger partial charge in [0.1, 0.15) is 0 Å². The van der Waals surface area contributed by atoms with Crippen LogP contribution < -0.4 is 5.11 Å². The summed E-state index contributed by atoms with van der Waals surface area (Å²) in [6, 6.07) is 0. The molecule has 1 aliphatic carbocycles. The van der Waals surface area contributed by atoms with Crippen molar-refractivity contribution in [1.29, 1.82) is 0 Å². The Kier molecular flexibility index (Phi) is 4.79. The quantitative estimate of drug-likeness (QED) is 0.584. The van der Waals surface area contributed by atoms with Crippen LogP contribution >= 0.6 is 0 Å². The lowest BCUT2D eigenvalue weighted by Gasteiger charge is -2.37. The molecule has 0 unspecified atom stereocenters. The molecule has 4 nitrogen and oxygen atoms in total. The fraction of sp³-hybridized carbons (Fsp3) is 0.818. The van der Waals surface area contributed by atoms with Crippen LogP contribution in [0.4, 0.5) is 26.3 Å². The Morgan fingerprint density at radius 1 is 1.00 bits per heavy atom. The molecule has 0 spiro atoms. The molecule has 0 heterocycles. The number of carbonyl (C=O) groups excluding carboxylic acids is 2. The van der Waals surface area contributed by atoms with Gasteiger partial charge in [-0.1, -0.05) is 12.8 Å². The molecule has 1 saturated carbocycles. The van der Waals surface area contributed by atoms with Crippen molar-refractivity contribution in [2.75, 3.05) is 0 Å². The fourth-order valence-corrected chi connectivity index (χ4v) is 2.13. The number of carbonyl (C=O) groups is 2. The highest BCUT2D eigenvalue weighted by atomic mass is 19.4. The van der Waals surface area contributed by atoms with Crippen LogP contribution in [-0.4, -0.2) is 29.9 Å². The highest BCUT2D eigenvalue weighted by molar-refractivity contribution is 5.74. The molecule has 0 amide bonds. The number of ether oxygens (including phenoxy) is 1. The maximum absolute atomic E-state index is 12.8. The van der Waals surface area contributed by atoms with Gasteiger partial charge in [0.05, 0.1) is 5.92 Å². The molecule has 0 aliphatic heterocycles. The fourth-order valence-electron chi connectivity index (χ4n) is 2.13. The van der Waals surface area contributed by atoms with Gasteiger partial charge >= 0.3 is 23.9 Å². The molecule has 0 aromatic heterocycles. The minimum absolute atomic E-state index is 0.107. The van der Waals surface area contributed by atoms with E-state index in [4.69, 9.17) is 0 Å². The smallest absolute Gasteiger partial charge is 0.437 e. The lowest BCUT2D eigenvalue weighted by molar-refractivity contribution is -0.381. The van der Waals surface area contributed by atoms with Gasteiger partial charge in [0.15, 0.2) is 0 Å². The Balaban J connectivity index is 3.15. The Bertz CT molecular complexity index is 394. The Morgan fingerprint density at radius 2 is 1.43 bits per heavy atom. The molecule has 21 heavy (non-hydrogen) atoms. The lowest BCUT2D eigenvalue weighted by atomic mass is 9.97. The Morgan fingerprint density at radius 3 is 1.76 bits per heavy atom. The summed E-state index contributed by atoms with van der Waals surface area (Å²) in [6.45, 7) is 0. The van der Waals surface area contributed by atoms with Crippen molar-refractivity contribution in [3.05, 3.63) is 0 Å². The molecular formula is C11H11F6O4-. The molecular weight excluding hydrogens is 310 g/mol. The number of alkyl halides is 6. The van der Waals surface area contributed by atoms with E-state index in [0.29, 0.717) is 12.8 Å². The minimum atomic E-state index is -6.13. The van der Waals surface area contributed by atoms with Crippen molar-refractivity contribution >= 4 is 11.9 Å². The van der Waals surface area contributed by atoms with Gasteiger partial charge in [0, 0.05) is 12.4 Å². The number of esters is 1. The van der Waals surface area contributed by atoms with Crippen molar-refractivity contribution in [2.24, 2.45) is 5.92 Å². The summed E-state index contributed by atoms with van der Waals surface area (Å²) in [5.74, 6) is -5.40. The van der Waals surface area contributed by atoms with Gasteiger partial charge in [0.25, 0.3) is 0 Å². The molecule has 0 atom stereocenters. The standard InChI is InChI=1S/C11H12F6O4/c12-10(13,14)9(5-7(18)19,11(15,16)17)21-8(20)6-3-1-2-4-6/h6H,1-5H2,(H,18,19)/p-1. The van der Waals surface area contributed by atoms with E-state index in [1.807, 2.05) is 0 Å². The summed E-state index contributed by atoms with van der Waals surface area (Å²) in [7, 11) is 0. The topological polar surface area (TPSA) is 66.4 Å². The molecule has 0 bridgehead atoms. The highest BCUT2D eigenvalue weighted by Gasteiger charge is 2.74. The Hall–Kier alpha value is -1.48. The number of halogens is 6. The third kappa shape index (κ3) is 3.59. The molecule has 0 N–H and O–H groups in total. The van der Waals surface area contributed by atoms with Crippen molar-refractivity contribution in [3.63, 3.8) is 0 Å². The zero-order valence-corrected chi connectivity index (χ0v) is 10.5. The molecule has 1 aliphatic rings. The summed E-state index contributed by atoms with van der Waals surface area (Å²) < 4.78 is 80.4. The van der Waals surface area contributed by atoms with Gasteiger partial charge in [-0.2, -0.15) is 26.3 Å². The summed E-state index contributed by atoms with van der Waals surface area (Å²) in [5, 5.41) is 10.3. The van der Waals surface area contributed by atoms with E-state index in [1.165, 1.54) is 0 Å². The predicted molar refractivity (Wildman–Crippen MR) is 52.5 cm³/mol. The number of hydrogen-bond donors (Lipinski definition) is 0. The second kappa shape index (κ2) is 5.72. The van der Waals surface area contributed by atoms with Crippen LogP contribution in [0.3, 0.4) is 0 Å². The highest BCUT2D eigenvalue weighted by Crippen LogP contribution is 2.48. The normalized spacial score (nSPS) is 17.8. The number of rotatable bonds is 4. The second-order valence-electron chi connectivity index (χ2n) is 4.77. The van der Waals surface area contributed by atoms with E-state index < -0.39 is 42.2 Å². The van der Waals surface area contributed by atoms with Gasteiger partial charge in [-0.15, -0.1) is 0 Å². The zero-order chi connectivity index (χ0) is 16.5. The maximum Gasteiger partial charge on any atom is 0.437 e. The third-order valence-electron chi connectivity index (χ3n) is 3.27.